The molecule has 0 saturated heterocycles. The maximum absolute atomic E-state index is 4.32. The van der Waals surface area contributed by atoms with Crippen LogP contribution in [0, 0.1) is 13.8 Å². The first-order valence-electron chi connectivity index (χ1n) is 5.60. The molecule has 0 N–H and O–H groups in total. The summed E-state index contributed by atoms with van der Waals surface area (Å²) in [4.78, 5) is 1.27. The largest absolute Gasteiger partial charge is 0.197 e. The van der Waals surface area contributed by atoms with E-state index in [2.05, 4.69) is 47.7 Å². The molecule has 0 aliphatic heterocycles. The number of rotatable bonds is 3. The zero-order valence-corrected chi connectivity index (χ0v) is 10.9. The van der Waals surface area contributed by atoms with Crippen LogP contribution in [-0.2, 0) is 0 Å². The topological polar surface area (TPSA) is 12.9 Å². The number of nitrogens with zero attached hydrogens (tertiary/aromatic N) is 1. The van der Waals surface area contributed by atoms with Gasteiger partial charge in [-0.3, -0.25) is 0 Å². The van der Waals surface area contributed by atoms with Gasteiger partial charge in [0.05, 0.1) is 5.69 Å². The van der Waals surface area contributed by atoms with Gasteiger partial charge in [0.1, 0.15) is 0 Å². The Morgan fingerprint density at radius 3 is 2.35 bits per heavy atom. The molecule has 1 aromatic carbocycles. The summed E-state index contributed by atoms with van der Waals surface area (Å²) < 4.78 is 4.32. The summed E-state index contributed by atoms with van der Waals surface area (Å²) in [6, 6.07) is 10.3. The summed E-state index contributed by atoms with van der Waals surface area (Å²) in [7, 11) is 0. The van der Waals surface area contributed by atoms with Gasteiger partial charge in [0.25, 0.3) is 0 Å². The molecular formula is C15H15NS. The SMILES string of the molecule is Cc1nsc(C)c1/C=C/C=C/c1ccccc1. The van der Waals surface area contributed by atoms with E-state index in [-0.39, 0.29) is 0 Å². The van der Waals surface area contributed by atoms with Gasteiger partial charge in [0.15, 0.2) is 0 Å². The molecule has 0 fully saturated rings. The van der Waals surface area contributed by atoms with Crippen LogP contribution in [0.5, 0.6) is 0 Å². The molecule has 0 amide bonds. The van der Waals surface area contributed by atoms with E-state index < -0.39 is 0 Å². The molecule has 1 heterocycles. The van der Waals surface area contributed by atoms with E-state index in [1.54, 1.807) is 11.5 Å². The lowest BCUT2D eigenvalue weighted by atomic mass is 10.2. The minimum atomic E-state index is 1.11. The molecule has 86 valence electrons. The van der Waals surface area contributed by atoms with E-state index in [0.717, 1.165) is 5.69 Å². The molecule has 2 heteroatoms. The number of benzene rings is 1. The molecule has 0 aliphatic rings. The van der Waals surface area contributed by atoms with Crippen molar-refractivity contribution in [2.45, 2.75) is 13.8 Å². The van der Waals surface area contributed by atoms with Gasteiger partial charge in [-0.2, -0.15) is 4.37 Å². The van der Waals surface area contributed by atoms with Crippen molar-refractivity contribution in [1.29, 1.82) is 0 Å². The van der Waals surface area contributed by atoms with Gasteiger partial charge in [0.2, 0.25) is 0 Å². The average molecular weight is 241 g/mol. The van der Waals surface area contributed by atoms with Gasteiger partial charge >= 0.3 is 0 Å². The van der Waals surface area contributed by atoms with E-state index in [1.807, 2.05) is 25.1 Å². The van der Waals surface area contributed by atoms with Crippen LogP contribution in [0.4, 0.5) is 0 Å². The summed E-state index contributed by atoms with van der Waals surface area (Å²) in [5.41, 5.74) is 3.57. The number of aromatic nitrogens is 1. The molecule has 0 radical (unpaired) electrons. The molecule has 1 nitrogen and oxygen atoms in total. The van der Waals surface area contributed by atoms with Gasteiger partial charge in [-0.15, -0.1) is 0 Å². The van der Waals surface area contributed by atoms with Crippen LogP contribution in [0.25, 0.3) is 12.2 Å². The molecule has 0 aliphatic carbocycles. The van der Waals surface area contributed by atoms with Crippen LogP contribution in [0.1, 0.15) is 21.7 Å². The Morgan fingerprint density at radius 2 is 1.71 bits per heavy atom. The van der Waals surface area contributed by atoms with Gasteiger partial charge in [-0.1, -0.05) is 54.6 Å². The molecule has 2 aromatic rings. The average Bonchev–Trinajstić information content (AvgIpc) is 2.67. The van der Waals surface area contributed by atoms with Crippen molar-refractivity contribution < 1.29 is 0 Å². The highest BCUT2D eigenvalue weighted by molar-refractivity contribution is 7.06. The molecule has 0 spiro atoms. The number of aryl methyl sites for hydroxylation is 2. The highest BCUT2D eigenvalue weighted by Crippen LogP contribution is 2.18. The predicted molar refractivity (Wildman–Crippen MR) is 76.1 cm³/mol. The third-order valence-corrected chi connectivity index (χ3v) is 3.41. The summed E-state index contributed by atoms with van der Waals surface area (Å²) in [6.45, 7) is 4.15. The Kier molecular flexibility index (Phi) is 3.89. The Morgan fingerprint density at radius 1 is 1.00 bits per heavy atom. The van der Waals surface area contributed by atoms with Crippen molar-refractivity contribution in [2.24, 2.45) is 0 Å². The Hall–Kier alpha value is -1.67. The molecule has 2 rings (SSSR count). The van der Waals surface area contributed by atoms with Gasteiger partial charge in [-0.25, -0.2) is 0 Å². The molecule has 0 saturated carbocycles. The molecule has 0 atom stereocenters. The second-order valence-electron chi connectivity index (χ2n) is 3.87. The Bertz CT molecular complexity index is 516. The lowest BCUT2D eigenvalue weighted by Crippen LogP contribution is -1.75. The molecule has 0 unspecified atom stereocenters. The normalized spacial score (nSPS) is 11.6. The van der Waals surface area contributed by atoms with Crippen molar-refractivity contribution in [3.8, 4) is 0 Å². The van der Waals surface area contributed by atoms with Crippen LogP contribution in [-0.4, -0.2) is 4.37 Å². The zero-order chi connectivity index (χ0) is 12.1. The highest BCUT2D eigenvalue weighted by Gasteiger charge is 2.01. The van der Waals surface area contributed by atoms with Crippen LogP contribution < -0.4 is 0 Å². The molecule has 1 aromatic heterocycles. The van der Waals surface area contributed by atoms with Crippen LogP contribution in [0.15, 0.2) is 42.5 Å². The maximum Gasteiger partial charge on any atom is 0.0586 e. The van der Waals surface area contributed by atoms with E-state index in [9.17, 15) is 0 Å². The summed E-state index contributed by atoms with van der Waals surface area (Å²) in [6.07, 6.45) is 8.34. The number of hydrogen-bond acceptors (Lipinski definition) is 2. The summed E-state index contributed by atoms with van der Waals surface area (Å²) in [5, 5.41) is 0. The van der Waals surface area contributed by atoms with E-state index in [0.29, 0.717) is 0 Å². The quantitative estimate of drug-likeness (QED) is 0.722. The Balaban J connectivity index is 2.06. The van der Waals surface area contributed by atoms with Crippen molar-refractivity contribution >= 4 is 23.7 Å². The first kappa shape index (κ1) is 11.8. The molecule has 0 bridgehead atoms. The fourth-order valence-corrected chi connectivity index (χ4v) is 2.30. The third-order valence-electron chi connectivity index (χ3n) is 2.55. The minimum absolute atomic E-state index is 1.11. The van der Waals surface area contributed by atoms with Crippen LogP contribution >= 0.6 is 11.5 Å². The second kappa shape index (κ2) is 5.60. The minimum Gasteiger partial charge on any atom is -0.197 e. The predicted octanol–water partition coefficient (Wildman–Crippen LogP) is 4.49. The zero-order valence-electron chi connectivity index (χ0n) is 10.1. The van der Waals surface area contributed by atoms with Crippen molar-refractivity contribution in [3.63, 3.8) is 0 Å². The van der Waals surface area contributed by atoms with Crippen molar-refractivity contribution in [2.75, 3.05) is 0 Å². The first-order valence-corrected chi connectivity index (χ1v) is 6.37. The standard InChI is InChI=1S/C15H15NS/c1-12-15(13(2)17-16-12)11-7-6-10-14-8-4-3-5-9-14/h3-11H,1-2H3/b10-6+,11-7+. The van der Waals surface area contributed by atoms with E-state index in [4.69, 9.17) is 0 Å². The second-order valence-corrected chi connectivity index (χ2v) is 4.84. The monoisotopic (exact) mass is 241 g/mol. The van der Waals surface area contributed by atoms with Crippen molar-refractivity contribution in [1.82, 2.24) is 4.37 Å². The first-order chi connectivity index (χ1) is 8.27. The number of allylic oxidation sites excluding steroid dienone is 2. The molecule has 17 heavy (non-hydrogen) atoms. The fourth-order valence-electron chi connectivity index (χ4n) is 1.61. The van der Waals surface area contributed by atoms with Crippen LogP contribution in [0.2, 0.25) is 0 Å². The summed E-state index contributed by atoms with van der Waals surface area (Å²) >= 11 is 1.56. The maximum atomic E-state index is 4.32. The smallest absolute Gasteiger partial charge is 0.0586 e. The highest BCUT2D eigenvalue weighted by atomic mass is 32.1. The third kappa shape index (κ3) is 3.14. The number of hydrogen-bond donors (Lipinski definition) is 0. The van der Waals surface area contributed by atoms with Gasteiger partial charge in [0, 0.05) is 10.4 Å². The Labute approximate surface area is 106 Å². The van der Waals surface area contributed by atoms with Crippen LogP contribution in [0.3, 0.4) is 0 Å². The summed E-state index contributed by atoms with van der Waals surface area (Å²) in [5.74, 6) is 0. The molecular weight excluding hydrogens is 226 g/mol. The van der Waals surface area contributed by atoms with E-state index >= 15 is 0 Å². The van der Waals surface area contributed by atoms with E-state index in [1.165, 1.54) is 16.0 Å². The van der Waals surface area contributed by atoms with Crippen molar-refractivity contribution in [3.05, 3.63) is 64.2 Å². The van der Waals surface area contributed by atoms with Gasteiger partial charge < -0.3 is 0 Å². The van der Waals surface area contributed by atoms with Gasteiger partial charge in [-0.05, 0) is 30.9 Å². The lowest BCUT2D eigenvalue weighted by Gasteiger charge is -1.91. The lowest BCUT2D eigenvalue weighted by molar-refractivity contribution is 1.32. The fraction of sp³-hybridized carbons (Fsp3) is 0.133.